The van der Waals surface area contributed by atoms with Gasteiger partial charge >= 0.3 is 6.03 Å². The predicted octanol–water partition coefficient (Wildman–Crippen LogP) is 4.19. The molecule has 0 aromatic heterocycles. The predicted molar refractivity (Wildman–Crippen MR) is 110 cm³/mol. The van der Waals surface area contributed by atoms with Crippen molar-refractivity contribution in [3.63, 3.8) is 0 Å². The van der Waals surface area contributed by atoms with Crippen molar-refractivity contribution in [2.75, 3.05) is 25.2 Å². The standard InChI is InChI=1S/C21H25N3O2S/c1-23(14-16-8-10-19(27-2)11-9-16)21(26)22-18-6-3-5-17(13-18)15-24-12-4-7-20(24)25/h3,5-6,8-11,13H,4,7,12,14-15H2,1-2H3,(H,22,26). The van der Waals surface area contributed by atoms with Gasteiger partial charge in [0.15, 0.2) is 0 Å². The molecule has 1 N–H and O–H groups in total. The molecule has 1 saturated heterocycles. The highest BCUT2D eigenvalue weighted by Gasteiger charge is 2.20. The van der Waals surface area contributed by atoms with Gasteiger partial charge in [0.2, 0.25) is 5.91 Å². The number of urea groups is 1. The summed E-state index contributed by atoms with van der Waals surface area (Å²) in [5.74, 6) is 0.205. The summed E-state index contributed by atoms with van der Waals surface area (Å²) in [6, 6.07) is 15.8. The molecule has 6 heteroatoms. The van der Waals surface area contributed by atoms with Gasteiger partial charge in [-0.25, -0.2) is 4.79 Å². The Morgan fingerprint density at radius 1 is 1.19 bits per heavy atom. The smallest absolute Gasteiger partial charge is 0.321 e. The Labute approximate surface area is 164 Å². The summed E-state index contributed by atoms with van der Waals surface area (Å²) in [4.78, 5) is 29.0. The summed E-state index contributed by atoms with van der Waals surface area (Å²) in [6.07, 6.45) is 3.61. The highest BCUT2D eigenvalue weighted by Crippen LogP contribution is 2.18. The van der Waals surface area contributed by atoms with E-state index in [0.717, 1.165) is 29.8 Å². The van der Waals surface area contributed by atoms with E-state index in [1.165, 1.54) is 4.90 Å². The molecule has 1 aliphatic rings. The fourth-order valence-electron chi connectivity index (χ4n) is 3.13. The van der Waals surface area contributed by atoms with Gasteiger partial charge in [-0.15, -0.1) is 11.8 Å². The number of nitrogens with zero attached hydrogens (tertiary/aromatic N) is 2. The molecule has 0 radical (unpaired) electrons. The van der Waals surface area contributed by atoms with Crippen molar-refractivity contribution in [2.24, 2.45) is 0 Å². The summed E-state index contributed by atoms with van der Waals surface area (Å²) < 4.78 is 0. The molecule has 0 saturated carbocycles. The molecule has 1 heterocycles. The van der Waals surface area contributed by atoms with E-state index in [-0.39, 0.29) is 11.9 Å². The van der Waals surface area contributed by atoms with E-state index in [1.54, 1.807) is 23.7 Å². The van der Waals surface area contributed by atoms with Crippen LogP contribution in [0.5, 0.6) is 0 Å². The Balaban J connectivity index is 1.57. The minimum Gasteiger partial charge on any atom is -0.338 e. The number of nitrogens with one attached hydrogen (secondary N) is 1. The third-order valence-corrected chi connectivity index (χ3v) is 5.39. The lowest BCUT2D eigenvalue weighted by Crippen LogP contribution is -2.31. The number of benzene rings is 2. The van der Waals surface area contributed by atoms with Gasteiger partial charge in [-0.3, -0.25) is 4.79 Å². The van der Waals surface area contributed by atoms with Crippen molar-refractivity contribution in [1.82, 2.24) is 9.80 Å². The van der Waals surface area contributed by atoms with Gasteiger partial charge in [-0.1, -0.05) is 24.3 Å². The first-order valence-electron chi connectivity index (χ1n) is 9.07. The lowest BCUT2D eigenvalue weighted by atomic mass is 10.2. The van der Waals surface area contributed by atoms with E-state index in [0.29, 0.717) is 19.5 Å². The first-order chi connectivity index (χ1) is 13.0. The quantitative estimate of drug-likeness (QED) is 0.761. The first kappa shape index (κ1) is 19.3. The number of carbonyl (C=O) groups excluding carboxylic acids is 2. The minimum absolute atomic E-state index is 0.154. The van der Waals surface area contributed by atoms with E-state index in [1.807, 2.05) is 47.6 Å². The topological polar surface area (TPSA) is 52.7 Å². The SMILES string of the molecule is CSc1ccc(CN(C)C(=O)Nc2cccc(CN3CCCC3=O)c2)cc1. The zero-order chi connectivity index (χ0) is 19.2. The molecule has 0 bridgehead atoms. The fourth-order valence-corrected chi connectivity index (χ4v) is 3.54. The third kappa shape index (κ3) is 5.26. The van der Waals surface area contributed by atoms with Gasteiger partial charge < -0.3 is 15.1 Å². The van der Waals surface area contributed by atoms with E-state index >= 15 is 0 Å². The minimum atomic E-state index is -0.154. The van der Waals surface area contributed by atoms with Crippen LogP contribution >= 0.6 is 11.8 Å². The lowest BCUT2D eigenvalue weighted by Gasteiger charge is -2.19. The second kappa shape index (κ2) is 8.95. The van der Waals surface area contributed by atoms with Crippen LogP contribution < -0.4 is 5.32 Å². The Morgan fingerprint density at radius 3 is 2.63 bits per heavy atom. The van der Waals surface area contributed by atoms with Gasteiger partial charge in [0.1, 0.15) is 0 Å². The largest absolute Gasteiger partial charge is 0.338 e. The van der Waals surface area contributed by atoms with Crippen LogP contribution in [-0.4, -0.2) is 41.6 Å². The second-order valence-corrected chi connectivity index (χ2v) is 7.63. The van der Waals surface area contributed by atoms with Crippen molar-refractivity contribution in [3.05, 3.63) is 59.7 Å². The van der Waals surface area contributed by atoms with Crippen molar-refractivity contribution < 1.29 is 9.59 Å². The number of thioether (sulfide) groups is 1. The van der Waals surface area contributed by atoms with Gasteiger partial charge in [-0.05, 0) is 48.1 Å². The van der Waals surface area contributed by atoms with Crippen molar-refractivity contribution in [3.8, 4) is 0 Å². The van der Waals surface area contributed by atoms with Crippen LogP contribution in [0.25, 0.3) is 0 Å². The van der Waals surface area contributed by atoms with E-state index in [9.17, 15) is 9.59 Å². The molecule has 0 unspecified atom stereocenters. The molecule has 1 fully saturated rings. The molecule has 5 nitrogen and oxygen atoms in total. The molecule has 0 aliphatic carbocycles. The van der Waals surface area contributed by atoms with Crippen LogP contribution in [-0.2, 0) is 17.9 Å². The molecule has 2 aromatic carbocycles. The van der Waals surface area contributed by atoms with Gasteiger partial charge in [0, 0.05) is 43.7 Å². The zero-order valence-electron chi connectivity index (χ0n) is 15.8. The Hall–Kier alpha value is -2.47. The second-order valence-electron chi connectivity index (χ2n) is 6.75. The number of rotatable bonds is 6. The maximum absolute atomic E-state index is 12.5. The summed E-state index contributed by atoms with van der Waals surface area (Å²) in [5, 5.41) is 2.94. The highest BCUT2D eigenvalue weighted by atomic mass is 32.2. The van der Waals surface area contributed by atoms with Gasteiger partial charge in [0.05, 0.1) is 0 Å². The lowest BCUT2D eigenvalue weighted by molar-refractivity contribution is -0.128. The maximum atomic E-state index is 12.5. The molecule has 3 amide bonds. The maximum Gasteiger partial charge on any atom is 0.321 e. The molecule has 142 valence electrons. The molecular formula is C21H25N3O2S. The third-order valence-electron chi connectivity index (χ3n) is 4.65. The monoisotopic (exact) mass is 383 g/mol. The van der Waals surface area contributed by atoms with E-state index < -0.39 is 0 Å². The van der Waals surface area contributed by atoms with E-state index in [2.05, 4.69) is 17.4 Å². The average molecular weight is 384 g/mol. The Bertz CT molecular complexity index is 807. The molecule has 2 aromatic rings. The van der Waals surface area contributed by atoms with E-state index in [4.69, 9.17) is 0 Å². The molecule has 0 spiro atoms. The van der Waals surface area contributed by atoms with Gasteiger partial charge in [0.25, 0.3) is 0 Å². The summed E-state index contributed by atoms with van der Waals surface area (Å²) in [6.45, 7) is 1.95. The Kier molecular flexibility index (Phi) is 6.40. The van der Waals surface area contributed by atoms with Crippen LogP contribution in [0.2, 0.25) is 0 Å². The van der Waals surface area contributed by atoms with Gasteiger partial charge in [-0.2, -0.15) is 0 Å². The zero-order valence-corrected chi connectivity index (χ0v) is 16.6. The molecular weight excluding hydrogens is 358 g/mol. The molecule has 3 rings (SSSR count). The normalized spacial score (nSPS) is 13.7. The van der Waals surface area contributed by atoms with Crippen LogP contribution in [0.1, 0.15) is 24.0 Å². The number of carbonyl (C=O) groups is 2. The van der Waals surface area contributed by atoms with Crippen molar-refractivity contribution in [1.29, 1.82) is 0 Å². The fraction of sp³-hybridized carbons (Fsp3) is 0.333. The van der Waals surface area contributed by atoms with Crippen molar-refractivity contribution >= 4 is 29.4 Å². The van der Waals surface area contributed by atoms with Crippen LogP contribution in [0, 0.1) is 0 Å². The number of hydrogen-bond donors (Lipinski definition) is 1. The van der Waals surface area contributed by atoms with Crippen LogP contribution in [0.3, 0.4) is 0 Å². The Morgan fingerprint density at radius 2 is 1.96 bits per heavy atom. The van der Waals surface area contributed by atoms with Crippen LogP contribution in [0.4, 0.5) is 10.5 Å². The number of amides is 3. The highest BCUT2D eigenvalue weighted by molar-refractivity contribution is 7.98. The van der Waals surface area contributed by atoms with Crippen LogP contribution in [0.15, 0.2) is 53.4 Å². The number of hydrogen-bond acceptors (Lipinski definition) is 3. The molecule has 1 aliphatic heterocycles. The summed E-state index contributed by atoms with van der Waals surface area (Å²) in [7, 11) is 1.78. The average Bonchev–Trinajstić information content (AvgIpc) is 3.07. The number of anilines is 1. The van der Waals surface area contributed by atoms with Crippen molar-refractivity contribution in [2.45, 2.75) is 30.8 Å². The first-order valence-corrected chi connectivity index (χ1v) is 10.3. The molecule has 0 atom stereocenters. The number of likely N-dealkylation sites (tertiary alicyclic amines) is 1. The molecule has 27 heavy (non-hydrogen) atoms. The summed E-state index contributed by atoms with van der Waals surface area (Å²) in [5.41, 5.74) is 2.86. The summed E-state index contributed by atoms with van der Waals surface area (Å²) >= 11 is 1.70.